The average Bonchev–Trinajstić information content (AvgIpc) is 2.81. The Morgan fingerprint density at radius 2 is 2.11 bits per heavy atom. The van der Waals surface area contributed by atoms with E-state index in [2.05, 4.69) is 25.8 Å². The van der Waals surface area contributed by atoms with Crippen molar-refractivity contribution >= 4 is 29.0 Å². The number of carbonyl (C=O) groups excluding carboxylic acids is 1. The van der Waals surface area contributed by atoms with Crippen molar-refractivity contribution in [3.63, 3.8) is 0 Å². The minimum atomic E-state index is -0.426. The first kappa shape index (κ1) is 13.2. The van der Waals surface area contributed by atoms with Crippen LogP contribution < -0.4 is 15.4 Å². The molecule has 3 N–H and O–H groups in total. The number of H-pyrrole nitrogens is 1. The molecule has 0 radical (unpaired) electrons. The molecule has 2 aromatic rings. The molecular weight excluding hydrogens is 270 g/mol. The number of methoxy groups -OCH3 is 1. The Kier molecular flexibility index (Phi) is 3.86. The summed E-state index contributed by atoms with van der Waals surface area (Å²) in [4.78, 5) is 15.7. The summed E-state index contributed by atoms with van der Waals surface area (Å²) in [6.07, 6.45) is 3.03. The van der Waals surface area contributed by atoms with Crippen LogP contribution in [0.3, 0.4) is 0 Å². The fourth-order valence-corrected chi connectivity index (χ4v) is 1.59. The second-order valence-electron chi connectivity index (χ2n) is 3.72. The second-order valence-corrected chi connectivity index (χ2v) is 4.11. The van der Waals surface area contributed by atoms with Crippen molar-refractivity contribution in [3.05, 3.63) is 29.2 Å². The summed E-state index contributed by atoms with van der Waals surface area (Å²) in [7, 11) is 1.48. The average molecular weight is 282 g/mol. The van der Waals surface area contributed by atoms with E-state index < -0.39 is 6.03 Å². The van der Waals surface area contributed by atoms with Crippen LogP contribution in [0.25, 0.3) is 0 Å². The number of aromatic nitrogens is 3. The van der Waals surface area contributed by atoms with Gasteiger partial charge in [-0.3, -0.25) is 0 Å². The van der Waals surface area contributed by atoms with Crippen LogP contribution in [0.2, 0.25) is 5.15 Å². The summed E-state index contributed by atoms with van der Waals surface area (Å²) in [5, 5.41) is 11.9. The van der Waals surface area contributed by atoms with Crippen molar-refractivity contribution in [1.82, 2.24) is 15.2 Å². The summed E-state index contributed by atoms with van der Waals surface area (Å²) >= 11 is 5.77. The lowest BCUT2D eigenvalue weighted by molar-refractivity contribution is 0.262. The Bertz CT molecular complexity index is 599. The molecule has 7 nitrogen and oxygen atoms in total. The maximum atomic E-state index is 11.8. The van der Waals surface area contributed by atoms with Crippen LogP contribution in [-0.4, -0.2) is 28.3 Å². The van der Waals surface area contributed by atoms with Crippen molar-refractivity contribution < 1.29 is 9.53 Å². The zero-order chi connectivity index (χ0) is 13.8. The van der Waals surface area contributed by atoms with E-state index in [4.69, 9.17) is 16.3 Å². The van der Waals surface area contributed by atoms with Crippen molar-refractivity contribution in [2.75, 3.05) is 17.7 Å². The molecule has 0 spiro atoms. The lowest BCUT2D eigenvalue weighted by Crippen LogP contribution is -2.20. The van der Waals surface area contributed by atoms with E-state index >= 15 is 0 Å². The maximum absolute atomic E-state index is 11.8. The fourth-order valence-electron chi connectivity index (χ4n) is 1.43. The molecule has 0 aromatic carbocycles. The molecule has 2 amide bonds. The summed E-state index contributed by atoms with van der Waals surface area (Å²) in [6.45, 7) is 1.82. The van der Waals surface area contributed by atoms with Gasteiger partial charge in [0, 0.05) is 11.9 Å². The molecule has 0 aliphatic heterocycles. The quantitative estimate of drug-likeness (QED) is 0.753. The van der Waals surface area contributed by atoms with Gasteiger partial charge in [0.2, 0.25) is 5.88 Å². The second kappa shape index (κ2) is 5.57. The van der Waals surface area contributed by atoms with Gasteiger partial charge in [-0.15, -0.1) is 0 Å². The number of ether oxygens (including phenoxy) is 1. The molecule has 0 fully saturated rings. The number of aryl methyl sites for hydroxylation is 1. The van der Waals surface area contributed by atoms with Gasteiger partial charge >= 0.3 is 6.03 Å². The van der Waals surface area contributed by atoms with Crippen molar-refractivity contribution in [2.45, 2.75) is 6.92 Å². The third kappa shape index (κ3) is 3.14. The predicted octanol–water partition coefficient (Wildman–Crippen LogP) is 2.42. The number of hydrogen-bond acceptors (Lipinski definition) is 4. The highest BCUT2D eigenvalue weighted by Crippen LogP contribution is 2.21. The van der Waals surface area contributed by atoms with Crippen LogP contribution >= 0.6 is 11.6 Å². The van der Waals surface area contributed by atoms with E-state index in [-0.39, 0.29) is 0 Å². The molecule has 0 atom stereocenters. The lowest BCUT2D eigenvalue weighted by Gasteiger charge is -2.09. The molecule has 2 heterocycles. The number of pyridine rings is 1. The summed E-state index contributed by atoms with van der Waals surface area (Å²) in [5.41, 5.74) is 1.83. The maximum Gasteiger partial charge on any atom is 0.323 e. The van der Waals surface area contributed by atoms with E-state index in [9.17, 15) is 4.79 Å². The third-order valence-electron chi connectivity index (χ3n) is 2.37. The Balaban J connectivity index is 2.07. The number of hydrogen-bond donors (Lipinski definition) is 3. The van der Waals surface area contributed by atoms with Crippen LogP contribution in [0.4, 0.5) is 16.2 Å². The minimum absolute atomic E-state index is 0.307. The summed E-state index contributed by atoms with van der Waals surface area (Å²) in [5.74, 6) is 0.375. The zero-order valence-electron chi connectivity index (χ0n) is 10.3. The van der Waals surface area contributed by atoms with E-state index in [0.717, 1.165) is 5.56 Å². The standard InChI is InChI=1S/C11H12ClN5O2/c1-6-4-13-9(12)3-7(6)15-11(18)16-8-5-14-17-10(8)19-2/h3-5H,1-2H3,(H,14,17)(H2,13,15,16,18). The first-order valence-electron chi connectivity index (χ1n) is 5.37. The van der Waals surface area contributed by atoms with Gasteiger partial charge in [-0.2, -0.15) is 5.10 Å². The van der Waals surface area contributed by atoms with Gasteiger partial charge in [0.15, 0.2) is 0 Å². The van der Waals surface area contributed by atoms with Crippen LogP contribution in [0.5, 0.6) is 5.88 Å². The molecule has 2 rings (SSSR count). The Morgan fingerprint density at radius 3 is 2.84 bits per heavy atom. The first-order chi connectivity index (χ1) is 9.10. The predicted molar refractivity (Wildman–Crippen MR) is 71.8 cm³/mol. The monoisotopic (exact) mass is 281 g/mol. The van der Waals surface area contributed by atoms with Gasteiger partial charge in [0.25, 0.3) is 0 Å². The molecule has 2 aromatic heterocycles. The molecule has 0 saturated carbocycles. The van der Waals surface area contributed by atoms with Gasteiger partial charge in [-0.05, 0) is 18.6 Å². The molecule has 0 unspecified atom stereocenters. The Labute approximate surface area is 114 Å². The van der Waals surface area contributed by atoms with Crippen LogP contribution in [0.1, 0.15) is 5.56 Å². The highest BCUT2D eigenvalue weighted by molar-refractivity contribution is 6.29. The first-order valence-corrected chi connectivity index (χ1v) is 5.75. The number of amides is 2. The topological polar surface area (TPSA) is 91.9 Å². The smallest absolute Gasteiger partial charge is 0.323 e. The lowest BCUT2D eigenvalue weighted by atomic mass is 10.2. The number of nitrogens with one attached hydrogen (secondary N) is 3. The van der Waals surface area contributed by atoms with E-state index in [1.54, 1.807) is 12.3 Å². The molecule has 0 aliphatic carbocycles. The van der Waals surface area contributed by atoms with Gasteiger partial charge in [-0.1, -0.05) is 11.6 Å². The number of aromatic amines is 1. The van der Waals surface area contributed by atoms with E-state index in [1.807, 2.05) is 6.92 Å². The SMILES string of the molecule is COc1[nH]ncc1NC(=O)Nc1cc(Cl)ncc1C. The largest absolute Gasteiger partial charge is 0.480 e. The van der Waals surface area contributed by atoms with Crippen molar-refractivity contribution in [3.8, 4) is 5.88 Å². The van der Waals surface area contributed by atoms with Gasteiger partial charge in [0.1, 0.15) is 10.8 Å². The zero-order valence-corrected chi connectivity index (χ0v) is 11.1. The van der Waals surface area contributed by atoms with Gasteiger partial charge in [-0.25, -0.2) is 14.9 Å². The molecule has 8 heteroatoms. The number of urea groups is 1. The van der Waals surface area contributed by atoms with Crippen LogP contribution in [0, 0.1) is 6.92 Å². The van der Waals surface area contributed by atoms with Gasteiger partial charge in [0.05, 0.1) is 13.3 Å². The molecule has 100 valence electrons. The third-order valence-corrected chi connectivity index (χ3v) is 2.58. The normalized spacial score (nSPS) is 10.1. The minimum Gasteiger partial charge on any atom is -0.480 e. The Hall–Kier alpha value is -2.28. The fraction of sp³-hybridized carbons (Fsp3) is 0.182. The number of halogens is 1. The number of nitrogens with zero attached hydrogens (tertiary/aromatic N) is 2. The highest BCUT2D eigenvalue weighted by atomic mass is 35.5. The molecule has 0 aliphatic rings. The summed E-state index contributed by atoms with van der Waals surface area (Å²) < 4.78 is 4.99. The highest BCUT2D eigenvalue weighted by Gasteiger charge is 2.10. The number of carbonyl (C=O) groups is 1. The van der Waals surface area contributed by atoms with Crippen LogP contribution in [0.15, 0.2) is 18.5 Å². The van der Waals surface area contributed by atoms with Crippen LogP contribution in [-0.2, 0) is 0 Å². The van der Waals surface area contributed by atoms with Crippen molar-refractivity contribution in [1.29, 1.82) is 0 Å². The van der Waals surface area contributed by atoms with E-state index in [0.29, 0.717) is 22.4 Å². The molecular formula is C11H12ClN5O2. The van der Waals surface area contributed by atoms with E-state index in [1.165, 1.54) is 13.3 Å². The Morgan fingerprint density at radius 1 is 1.37 bits per heavy atom. The number of rotatable bonds is 3. The molecule has 19 heavy (non-hydrogen) atoms. The number of anilines is 2. The summed E-state index contributed by atoms with van der Waals surface area (Å²) in [6, 6.07) is 1.15. The van der Waals surface area contributed by atoms with Gasteiger partial charge < -0.3 is 15.4 Å². The molecule has 0 saturated heterocycles. The molecule has 0 bridgehead atoms. The van der Waals surface area contributed by atoms with Crippen molar-refractivity contribution in [2.24, 2.45) is 0 Å².